The van der Waals surface area contributed by atoms with Gasteiger partial charge in [-0.05, 0) is 42.3 Å². The van der Waals surface area contributed by atoms with Gasteiger partial charge in [0.2, 0.25) is 0 Å². The molecule has 0 saturated carbocycles. The van der Waals surface area contributed by atoms with Crippen molar-refractivity contribution in [3.8, 4) is 5.75 Å². The van der Waals surface area contributed by atoms with Gasteiger partial charge < -0.3 is 9.47 Å². The van der Waals surface area contributed by atoms with E-state index in [-0.39, 0.29) is 11.7 Å². The normalized spacial score (nSPS) is 21.4. The number of nitro benzene ring substituents is 1. The number of esters is 1. The van der Waals surface area contributed by atoms with Gasteiger partial charge in [0.25, 0.3) is 5.69 Å². The van der Waals surface area contributed by atoms with Gasteiger partial charge in [-0.2, -0.15) is 0 Å². The molecule has 0 spiro atoms. The molecule has 27 heavy (non-hydrogen) atoms. The van der Waals surface area contributed by atoms with Gasteiger partial charge in [0.15, 0.2) is 0 Å². The van der Waals surface area contributed by atoms with E-state index in [1.807, 2.05) is 31.2 Å². The Morgan fingerprint density at radius 3 is 2.30 bits per heavy atom. The Hall–Kier alpha value is -3.22. The van der Waals surface area contributed by atoms with E-state index < -0.39 is 16.4 Å². The molecule has 0 N–H and O–H groups in total. The first-order valence-electron chi connectivity index (χ1n) is 8.43. The van der Waals surface area contributed by atoms with E-state index in [1.165, 1.54) is 19.2 Å². The molecule has 0 aliphatic carbocycles. The van der Waals surface area contributed by atoms with Crippen LogP contribution in [-0.4, -0.2) is 30.8 Å². The Morgan fingerprint density at radius 1 is 1.15 bits per heavy atom. The number of nitrogens with zero attached hydrogens (tertiary/aromatic N) is 2. The maximum absolute atomic E-state index is 12.6. The van der Waals surface area contributed by atoms with Crippen LogP contribution in [0.25, 0.3) is 0 Å². The average molecular weight is 368 g/mol. The van der Waals surface area contributed by atoms with Crippen molar-refractivity contribution in [3.05, 3.63) is 69.8 Å². The highest BCUT2D eigenvalue weighted by Gasteiger charge is 2.48. The Morgan fingerprint density at radius 2 is 1.78 bits per heavy atom. The van der Waals surface area contributed by atoms with Crippen molar-refractivity contribution in [1.82, 2.24) is 0 Å². The summed E-state index contributed by atoms with van der Waals surface area (Å²) in [6, 6.07) is 13.2. The lowest BCUT2D eigenvalue weighted by Crippen LogP contribution is -2.32. The molecular weight excluding hydrogens is 348 g/mol. The SMILES string of the molecule is COC(=O)[C@@]1(C)CC(c2ccc([N+](=O)[O-])cc2)=N[C@H]1c1ccc(OC)cc1. The van der Waals surface area contributed by atoms with Crippen LogP contribution in [0, 0.1) is 15.5 Å². The van der Waals surface area contributed by atoms with E-state index in [0.717, 1.165) is 22.6 Å². The highest BCUT2D eigenvalue weighted by atomic mass is 16.6. The second kappa shape index (κ2) is 7.19. The van der Waals surface area contributed by atoms with Gasteiger partial charge >= 0.3 is 5.97 Å². The molecule has 2 aromatic rings. The fraction of sp³-hybridized carbons (Fsp3) is 0.300. The minimum Gasteiger partial charge on any atom is -0.497 e. The van der Waals surface area contributed by atoms with Gasteiger partial charge in [0.1, 0.15) is 5.75 Å². The molecule has 0 unspecified atom stereocenters. The van der Waals surface area contributed by atoms with Gasteiger partial charge in [-0.3, -0.25) is 19.9 Å². The van der Waals surface area contributed by atoms with Crippen LogP contribution in [0.3, 0.4) is 0 Å². The molecule has 3 rings (SSSR count). The van der Waals surface area contributed by atoms with Crippen molar-refractivity contribution in [2.75, 3.05) is 14.2 Å². The van der Waals surface area contributed by atoms with E-state index in [4.69, 9.17) is 14.5 Å². The molecule has 7 heteroatoms. The molecule has 7 nitrogen and oxygen atoms in total. The zero-order chi connectivity index (χ0) is 19.6. The van der Waals surface area contributed by atoms with Gasteiger partial charge in [0, 0.05) is 24.3 Å². The second-order valence-electron chi connectivity index (χ2n) is 6.64. The van der Waals surface area contributed by atoms with Gasteiger partial charge in [-0.1, -0.05) is 12.1 Å². The highest BCUT2D eigenvalue weighted by molar-refractivity contribution is 6.05. The molecule has 140 valence electrons. The number of aliphatic imine (C=N–C) groups is 1. The molecule has 1 aliphatic heterocycles. The largest absolute Gasteiger partial charge is 0.497 e. The van der Waals surface area contributed by atoms with Crippen molar-refractivity contribution in [2.45, 2.75) is 19.4 Å². The number of nitro groups is 1. The summed E-state index contributed by atoms with van der Waals surface area (Å²) in [7, 11) is 2.95. The number of non-ortho nitro benzene ring substituents is 1. The van der Waals surface area contributed by atoms with Crippen LogP contribution in [0.4, 0.5) is 5.69 Å². The van der Waals surface area contributed by atoms with E-state index in [2.05, 4.69) is 0 Å². The number of methoxy groups -OCH3 is 2. The summed E-state index contributed by atoms with van der Waals surface area (Å²) in [4.78, 5) is 27.8. The van der Waals surface area contributed by atoms with Crippen LogP contribution in [0.1, 0.15) is 30.5 Å². The quantitative estimate of drug-likeness (QED) is 0.456. The number of hydrogen-bond donors (Lipinski definition) is 0. The van der Waals surface area contributed by atoms with E-state index in [0.29, 0.717) is 6.42 Å². The minimum absolute atomic E-state index is 0.0137. The zero-order valence-electron chi connectivity index (χ0n) is 15.3. The minimum atomic E-state index is -0.861. The lowest BCUT2D eigenvalue weighted by atomic mass is 9.77. The number of rotatable bonds is 5. The van der Waals surface area contributed by atoms with Crippen molar-refractivity contribution in [1.29, 1.82) is 0 Å². The number of carbonyl (C=O) groups is 1. The molecule has 0 fully saturated rings. The first-order valence-corrected chi connectivity index (χ1v) is 8.43. The van der Waals surface area contributed by atoms with Crippen molar-refractivity contribution in [2.24, 2.45) is 10.4 Å². The smallest absolute Gasteiger partial charge is 0.314 e. The number of benzene rings is 2. The Bertz CT molecular complexity index is 890. The first-order chi connectivity index (χ1) is 12.9. The van der Waals surface area contributed by atoms with Crippen LogP contribution in [0.2, 0.25) is 0 Å². The Kier molecular flexibility index (Phi) is 4.94. The van der Waals surface area contributed by atoms with Crippen LogP contribution in [-0.2, 0) is 9.53 Å². The molecule has 0 bridgehead atoms. The van der Waals surface area contributed by atoms with E-state index in [1.54, 1.807) is 19.2 Å². The fourth-order valence-electron chi connectivity index (χ4n) is 3.39. The third-order valence-corrected chi connectivity index (χ3v) is 4.92. The maximum Gasteiger partial charge on any atom is 0.314 e. The van der Waals surface area contributed by atoms with Gasteiger partial charge in [0.05, 0.1) is 30.6 Å². The topological polar surface area (TPSA) is 91.0 Å². The molecule has 0 radical (unpaired) electrons. The molecule has 1 heterocycles. The molecule has 0 aromatic heterocycles. The fourth-order valence-corrected chi connectivity index (χ4v) is 3.39. The maximum atomic E-state index is 12.6. The summed E-state index contributed by atoms with van der Waals surface area (Å²) in [6.07, 6.45) is 0.383. The lowest BCUT2D eigenvalue weighted by Gasteiger charge is -2.27. The number of ether oxygens (including phenoxy) is 2. The Balaban J connectivity index is 2.00. The predicted molar refractivity (Wildman–Crippen MR) is 100 cm³/mol. The van der Waals surface area contributed by atoms with Crippen LogP contribution in [0.5, 0.6) is 5.75 Å². The lowest BCUT2D eigenvalue weighted by molar-refractivity contribution is -0.384. The Labute approximate surface area is 156 Å². The third kappa shape index (κ3) is 3.40. The van der Waals surface area contributed by atoms with E-state index >= 15 is 0 Å². The molecular formula is C20H20N2O5. The summed E-state index contributed by atoms with van der Waals surface area (Å²) in [5.74, 6) is 0.375. The second-order valence-corrected chi connectivity index (χ2v) is 6.64. The third-order valence-electron chi connectivity index (χ3n) is 4.92. The van der Waals surface area contributed by atoms with Crippen molar-refractivity contribution in [3.63, 3.8) is 0 Å². The summed E-state index contributed by atoms with van der Waals surface area (Å²) in [5, 5.41) is 10.9. The molecule has 2 aromatic carbocycles. The van der Waals surface area contributed by atoms with E-state index in [9.17, 15) is 14.9 Å². The molecule has 1 aliphatic rings. The van der Waals surface area contributed by atoms with Gasteiger partial charge in [-0.25, -0.2) is 0 Å². The summed E-state index contributed by atoms with van der Waals surface area (Å²) < 4.78 is 10.2. The van der Waals surface area contributed by atoms with Crippen molar-refractivity contribution < 1.29 is 19.2 Å². The average Bonchev–Trinajstić information content (AvgIpc) is 3.06. The predicted octanol–water partition coefficient (Wildman–Crippen LogP) is 3.72. The molecule has 0 amide bonds. The summed E-state index contributed by atoms with van der Waals surface area (Å²) in [6.45, 7) is 1.83. The number of carbonyl (C=O) groups excluding carboxylic acids is 1. The van der Waals surface area contributed by atoms with Crippen molar-refractivity contribution >= 4 is 17.4 Å². The monoisotopic (exact) mass is 368 g/mol. The summed E-state index contributed by atoms with van der Waals surface area (Å²) >= 11 is 0. The first kappa shape index (κ1) is 18.6. The van der Waals surface area contributed by atoms with Crippen LogP contribution in [0.15, 0.2) is 53.5 Å². The van der Waals surface area contributed by atoms with Crippen LogP contribution < -0.4 is 4.74 Å². The standard InChI is InChI=1S/C20H20N2O5/c1-20(19(23)27-3)12-17(13-4-8-15(9-5-13)22(24)25)21-18(20)14-6-10-16(26-2)11-7-14/h4-11,18H,12H2,1-3H3/t18-,20-/m0/s1. The highest BCUT2D eigenvalue weighted by Crippen LogP contribution is 2.47. The van der Waals surface area contributed by atoms with Gasteiger partial charge in [-0.15, -0.1) is 0 Å². The molecule has 2 atom stereocenters. The van der Waals surface area contributed by atoms with Crippen LogP contribution >= 0.6 is 0 Å². The number of hydrogen-bond acceptors (Lipinski definition) is 6. The zero-order valence-corrected chi connectivity index (χ0v) is 15.3. The summed E-state index contributed by atoms with van der Waals surface area (Å²) in [5.41, 5.74) is 1.51. The molecule has 0 saturated heterocycles.